The third-order valence-corrected chi connectivity index (χ3v) is 3.53. The van der Waals surface area contributed by atoms with Gasteiger partial charge in [-0.15, -0.1) is 0 Å². The van der Waals surface area contributed by atoms with Crippen molar-refractivity contribution in [1.82, 2.24) is 5.32 Å². The van der Waals surface area contributed by atoms with Gasteiger partial charge in [0.05, 0.1) is 0 Å². The van der Waals surface area contributed by atoms with Gasteiger partial charge in [-0.05, 0) is 30.4 Å². The lowest BCUT2D eigenvalue weighted by Gasteiger charge is -2.23. The van der Waals surface area contributed by atoms with Crippen molar-refractivity contribution in [3.05, 3.63) is 36.0 Å². The molecule has 0 aliphatic carbocycles. The zero-order valence-electron chi connectivity index (χ0n) is 14.9. The molecule has 0 aliphatic rings. The van der Waals surface area contributed by atoms with Crippen molar-refractivity contribution < 1.29 is 0 Å². The lowest BCUT2D eigenvalue weighted by Crippen LogP contribution is -2.40. The standard InChI is InChI=1S/C19H34N2/c1-8-11-12-13-17(9-2)16(6)14-19(20-7)18(10-3)21-15(4)5/h11-13,15,18,21H,6,8-10,14H2,1-5,7H3/b12-11+,17-13-,20-19?. The van der Waals surface area contributed by atoms with E-state index in [0.717, 1.165) is 25.7 Å². The Morgan fingerprint density at radius 1 is 1.24 bits per heavy atom. The fraction of sp³-hybridized carbons (Fsp3) is 0.632. The second kappa shape index (κ2) is 11.5. The third-order valence-electron chi connectivity index (χ3n) is 3.53. The van der Waals surface area contributed by atoms with E-state index >= 15 is 0 Å². The molecule has 0 rings (SSSR count). The Bertz CT molecular complexity index is 386. The van der Waals surface area contributed by atoms with E-state index in [1.54, 1.807) is 0 Å². The molecule has 2 nitrogen and oxygen atoms in total. The van der Waals surface area contributed by atoms with Crippen LogP contribution in [0.4, 0.5) is 0 Å². The highest BCUT2D eigenvalue weighted by atomic mass is 15.0. The SMILES string of the molecule is C=C(CC(=NC)C(CC)NC(C)C)/C(=C\C=C\CC)CC. The Labute approximate surface area is 132 Å². The summed E-state index contributed by atoms with van der Waals surface area (Å²) < 4.78 is 0. The van der Waals surface area contributed by atoms with E-state index in [9.17, 15) is 0 Å². The third kappa shape index (κ3) is 8.01. The molecule has 0 fully saturated rings. The molecule has 0 amide bonds. The molecule has 0 saturated carbocycles. The average Bonchev–Trinajstić information content (AvgIpc) is 2.46. The van der Waals surface area contributed by atoms with Gasteiger partial charge < -0.3 is 5.32 Å². The van der Waals surface area contributed by atoms with Crippen LogP contribution in [-0.2, 0) is 0 Å². The van der Waals surface area contributed by atoms with Crippen molar-refractivity contribution in [3.8, 4) is 0 Å². The van der Waals surface area contributed by atoms with Gasteiger partial charge in [-0.2, -0.15) is 0 Å². The first-order chi connectivity index (χ1) is 9.99. The maximum atomic E-state index is 4.51. The van der Waals surface area contributed by atoms with Gasteiger partial charge in [0.15, 0.2) is 0 Å². The summed E-state index contributed by atoms with van der Waals surface area (Å²) in [4.78, 5) is 4.51. The molecule has 0 aromatic heterocycles. The Morgan fingerprint density at radius 2 is 1.90 bits per heavy atom. The Balaban J connectivity index is 4.91. The van der Waals surface area contributed by atoms with Crippen molar-refractivity contribution in [2.75, 3.05) is 7.05 Å². The summed E-state index contributed by atoms with van der Waals surface area (Å²) in [5, 5.41) is 3.59. The van der Waals surface area contributed by atoms with Crippen LogP contribution in [0.2, 0.25) is 0 Å². The maximum absolute atomic E-state index is 4.51. The first-order valence-corrected chi connectivity index (χ1v) is 8.25. The number of aliphatic imine (C=N–C) groups is 1. The molecule has 1 atom stereocenters. The van der Waals surface area contributed by atoms with Crippen molar-refractivity contribution in [3.63, 3.8) is 0 Å². The molecular formula is C19H34N2. The maximum Gasteiger partial charge on any atom is 0.0453 e. The van der Waals surface area contributed by atoms with Crippen molar-refractivity contribution in [1.29, 1.82) is 0 Å². The molecule has 21 heavy (non-hydrogen) atoms. The molecular weight excluding hydrogens is 256 g/mol. The van der Waals surface area contributed by atoms with E-state index in [4.69, 9.17) is 0 Å². The predicted octanol–water partition coefficient (Wildman–Crippen LogP) is 5.08. The van der Waals surface area contributed by atoms with E-state index in [1.807, 2.05) is 7.05 Å². The quantitative estimate of drug-likeness (QED) is 0.440. The fourth-order valence-corrected chi connectivity index (χ4v) is 2.35. The molecule has 0 radical (unpaired) electrons. The highest BCUT2D eigenvalue weighted by molar-refractivity contribution is 5.92. The van der Waals surface area contributed by atoms with E-state index < -0.39 is 0 Å². The Hall–Kier alpha value is -1.15. The second-order valence-electron chi connectivity index (χ2n) is 5.66. The van der Waals surface area contributed by atoms with Crippen LogP contribution in [0, 0.1) is 0 Å². The number of allylic oxidation sites excluding steroid dienone is 5. The van der Waals surface area contributed by atoms with Gasteiger partial charge in [-0.3, -0.25) is 4.99 Å². The normalized spacial score (nSPS) is 15.0. The van der Waals surface area contributed by atoms with Gasteiger partial charge in [0.25, 0.3) is 0 Å². The highest BCUT2D eigenvalue weighted by Gasteiger charge is 2.16. The van der Waals surface area contributed by atoms with Gasteiger partial charge in [0.1, 0.15) is 0 Å². The molecule has 0 spiro atoms. The summed E-state index contributed by atoms with van der Waals surface area (Å²) in [5.74, 6) is 0. The summed E-state index contributed by atoms with van der Waals surface area (Å²) in [6.45, 7) is 15.2. The van der Waals surface area contributed by atoms with Crippen LogP contribution < -0.4 is 5.32 Å². The molecule has 1 N–H and O–H groups in total. The second-order valence-corrected chi connectivity index (χ2v) is 5.66. The van der Waals surface area contributed by atoms with Gasteiger partial charge in [-0.25, -0.2) is 0 Å². The summed E-state index contributed by atoms with van der Waals surface area (Å²) in [5.41, 5.74) is 3.71. The van der Waals surface area contributed by atoms with E-state index in [0.29, 0.717) is 12.1 Å². The van der Waals surface area contributed by atoms with Crippen molar-refractivity contribution in [2.45, 2.75) is 72.4 Å². The first kappa shape index (κ1) is 19.9. The van der Waals surface area contributed by atoms with Crippen LogP contribution in [0.5, 0.6) is 0 Å². The number of nitrogens with one attached hydrogen (secondary N) is 1. The summed E-state index contributed by atoms with van der Waals surface area (Å²) in [7, 11) is 1.89. The lowest BCUT2D eigenvalue weighted by atomic mass is 9.95. The summed E-state index contributed by atoms with van der Waals surface area (Å²) in [6, 6.07) is 0.810. The van der Waals surface area contributed by atoms with Gasteiger partial charge >= 0.3 is 0 Å². The fourth-order valence-electron chi connectivity index (χ4n) is 2.35. The topological polar surface area (TPSA) is 24.4 Å². The predicted molar refractivity (Wildman–Crippen MR) is 97.3 cm³/mol. The number of hydrogen-bond donors (Lipinski definition) is 1. The monoisotopic (exact) mass is 290 g/mol. The number of nitrogens with zero attached hydrogens (tertiary/aromatic N) is 1. The summed E-state index contributed by atoms with van der Waals surface area (Å²) in [6.07, 6.45) is 10.5. The number of rotatable bonds is 10. The minimum absolute atomic E-state index is 0.344. The highest BCUT2D eigenvalue weighted by Crippen LogP contribution is 2.18. The molecule has 0 bridgehead atoms. The van der Waals surface area contributed by atoms with E-state index in [1.165, 1.54) is 16.9 Å². The summed E-state index contributed by atoms with van der Waals surface area (Å²) >= 11 is 0. The van der Waals surface area contributed by atoms with Crippen LogP contribution in [0.25, 0.3) is 0 Å². The smallest absolute Gasteiger partial charge is 0.0453 e. The van der Waals surface area contributed by atoms with Crippen molar-refractivity contribution >= 4 is 5.71 Å². The molecule has 0 saturated heterocycles. The van der Waals surface area contributed by atoms with Gasteiger partial charge in [0, 0.05) is 31.3 Å². The molecule has 1 unspecified atom stereocenters. The van der Waals surface area contributed by atoms with Gasteiger partial charge in [0.2, 0.25) is 0 Å². The Kier molecular flexibility index (Phi) is 10.9. The zero-order chi connectivity index (χ0) is 16.3. The van der Waals surface area contributed by atoms with Crippen LogP contribution in [0.1, 0.15) is 60.3 Å². The largest absolute Gasteiger partial charge is 0.307 e. The minimum atomic E-state index is 0.344. The van der Waals surface area contributed by atoms with Crippen molar-refractivity contribution in [2.24, 2.45) is 4.99 Å². The van der Waals surface area contributed by atoms with E-state index in [2.05, 4.69) is 69.7 Å². The van der Waals surface area contributed by atoms with Gasteiger partial charge in [-0.1, -0.05) is 59.4 Å². The van der Waals surface area contributed by atoms with Crippen LogP contribution in [-0.4, -0.2) is 24.8 Å². The molecule has 0 aliphatic heterocycles. The Morgan fingerprint density at radius 3 is 2.33 bits per heavy atom. The molecule has 120 valence electrons. The van der Waals surface area contributed by atoms with Crippen LogP contribution >= 0.6 is 0 Å². The lowest BCUT2D eigenvalue weighted by molar-refractivity contribution is 0.528. The molecule has 0 aromatic rings. The van der Waals surface area contributed by atoms with E-state index in [-0.39, 0.29) is 0 Å². The average molecular weight is 290 g/mol. The van der Waals surface area contributed by atoms with Crippen LogP contribution in [0.3, 0.4) is 0 Å². The molecule has 2 heteroatoms. The zero-order valence-corrected chi connectivity index (χ0v) is 14.9. The molecule has 0 aromatic carbocycles. The molecule has 0 heterocycles. The number of hydrogen-bond acceptors (Lipinski definition) is 2. The minimum Gasteiger partial charge on any atom is -0.307 e. The van der Waals surface area contributed by atoms with Crippen LogP contribution in [0.15, 0.2) is 40.9 Å². The first-order valence-electron chi connectivity index (χ1n) is 8.25.